The van der Waals surface area contributed by atoms with Crippen LogP contribution in [0.4, 0.5) is 21.6 Å². The Bertz CT molecular complexity index is 1470. The molecule has 190 valence electrons. The molecule has 4 rings (SSSR count). The third kappa shape index (κ3) is 5.95. The van der Waals surface area contributed by atoms with Gasteiger partial charge in [-0.3, -0.25) is 4.79 Å². The lowest BCUT2D eigenvalue weighted by molar-refractivity contribution is -0.119. The standard InChI is InChI=1S/C27H24ClFN4O4/c1-4-36-23-12-21-18(26(31-14-30-21)32-17-8-9-20(29)19(28)10-17)11-22(23)33-24(34)13-37-27(35)25-15(2)6-5-7-16(25)3/h5-12,14H,4,13H2,1-3H3,(H,33,34)(H,30,31,32). The van der Waals surface area contributed by atoms with Crippen LogP contribution >= 0.6 is 11.6 Å². The van der Waals surface area contributed by atoms with Crippen molar-refractivity contribution in [3.8, 4) is 5.75 Å². The van der Waals surface area contributed by atoms with Crippen LogP contribution in [-0.4, -0.2) is 35.1 Å². The molecule has 2 N–H and O–H groups in total. The smallest absolute Gasteiger partial charge is 0.339 e. The van der Waals surface area contributed by atoms with E-state index >= 15 is 0 Å². The van der Waals surface area contributed by atoms with Gasteiger partial charge in [-0.15, -0.1) is 0 Å². The fourth-order valence-corrected chi connectivity index (χ4v) is 3.97. The number of fused-ring (bicyclic) bond motifs is 1. The molecule has 8 nitrogen and oxygen atoms in total. The molecule has 0 saturated heterocycles. The van der Waals surface area contributed by atoms with Crippen LogP contribution < -0.4 is 15.4 Å². The summed E-state index contributed by atoms with van der Waals surface area (Å²) in [5.41, 5.74) is 3.38. The first-order valence-electron chi connectivity index (χ1n) is 11.4. The van der Waals surface area contributed by atoms with Crippen LogP contribution in [0.1, 0.15) is 28.4 Å². The summed E-state index contributed by atoms with van der Waals surface area (Å²) in [5, 5.41) is 6.35. The second-order valence-electron chi connectivity index (χ2n) is 8.17. The average molecular weight is 523 g/mol. The third-order valence-electron chi connectivity index (χ3n) is 5.51. The summed E-state index contributed by atoms with van der Waals surface area (Å²) < 4.78 is 24.5. The highest BCUT2D eigenvalue weighted by molar-refractivity contribution is 6.31. The zero-order chi connectivity index (χ0) is 26.5. The highest BCUT2D eigenvalue weighted by Gasteiger charge is 2.17. The molecule has 0 saturated carbocycles. The number of carbonyl (C=O) groups excluding carboxylic acids is 2. The minimum atomic E-state index is -0.577. The number of anilines is 3. The molecule has 0 spiro atoms. The maximum Gasteiger partial charge on any atom is 0.339 e. The average Bonchev–Trinajstić information content (AvgIpc) is 2.86. The first-order valence-corrected chi connectivity index (χ1v) is 11.8. The topological polar surface area (TPSA) is 102 Å². The Hall–Kier alpha value is -4.24. The summed E-state index contributed by atoms with van der Waals surface area (Å²) in [6.45, 7) is 5.29. The van der Waals surface area contributed by atoms with Gasteiger partial charge in [-0.1, -0.05) is 29.8 Å². The zero-order valence-electron chi connectivity index (χ0n) is 20.4. The first-order chi connectivity index (χ1) is 17.8. The van der Waals surface area contributed by atoms with Crippen LogP contribution in [0.5, 0.6) is 5.75 Å². The highest BCUT2D eigenvalue weighted by Crippen LogP contribution is 2.34. The van der Waals surface area contributed by atoms with E-state index in [0.717, 1.165) is 11.1 Å². The molecule has 0 aliphatic rings. The molecule has 0 aliphatic carbocycles. The Morgan fingerprint density at radius 2 is 1.81 bits per heavy atom. The molecule has 3 aromatic carbocycles. The summed E-state index contributed by atoms with van der Waals surface area (Å²) in [6.07, 6.45) is 1.37. The Kier molecular flexibility index (Phi) is 7.83. The van der Waals surface area contributed by atoms with Gasteiger partial charge in [-0.2, -0.15) is 0 Å². The molecular formula is C27H24ClFN4O4. The third-order valence-corrected chi connectivity index (χ3v) is 5.80. The molecule has 0 radical (unpaired) electrons. The number of benzene rings is 3. The fraction of sp³-hybridized carbons (Fsp3) is 0.185. The van der Waals surface area contributed by atoms with Crippen LogP contribution in [0.25, 0.3) is 10.9 Å². The van der Waals surface area contributed by atoms with Crippen molar-refractivity contribution < 1.29 is 23.5 Å². The first kappa shape index (κ1) is 25.8. The van der Waals surface area contributed by atoms with Gasteiger partial charge in [0.2, 0.25) is 0 Å². The van der Waals surface area contributed by atoms with Gasteiger partial charge in [0.15, 0.2) is 6.61 Å². The van der Waals surface area contributed by atoms with E-state index in [1.807, 2.05) is 13.0 Å². The zero-order valence-corrected chi connectivity index (χ0v) is 21.1. The number of nitrogens with one attached hydrogen (secondary N) is 2. The van der Waals surface area contributed by atoms with Crippen LogP contribution in [0.15, 0.2) is 54.9 Å². The number of esters is 1. The molecule has 1 amide bonds. The number of nitrogens with zero attached hydrogens (tertiary/aromatic N) is 2. The lowest BCUT2D eigenvalue weighted by atomic mass is 10.0. The number of ether oxygens (including phenoxy) is 2. The molecule has 0 aliphatic heterocycles. The number of hydrogen-bond acceptors (Lipinski definition) is 7. The highest BCUT2D eigenvalue weighted by atomic mass is 35.5. The van der Waals surface area contributed by atoms with Crippen molar-refractivity contribution in [2.45, 2.75) is 20.8 Å². The molecular weight excluding hydrogens is 499 g/mol. The number of aryl methyl sites for hydroxylation is 2. The van der Waals surface area contributed by atoms with Crippen molar-refractivity contribution >= 4 is 51.6 Å². The largest absolute Gasteiger partial charge is 0.492 e. The summed E-state index contributed by atoms with van der Waals surface area (Å²) in [7, 11) is 0. The maximum absolute atomic E-state index is 13.6. The molecule has 4 aromatic rings. The lowest BCUT2D eigenvalue weighted by Gasteiger charge is -2.15. The number of rotatable bonds is 8. The van der Waals surface area contributed by atoms with Crippen LogP contribution in [0, 0.1) is 19.7 Å². The van der Waals surface area contributed by atoms with Gasteiger partial charge < -0.3 is 20.1 Å². The van der Waals surface area contributed by atoms with E-state index in [9.17, 15) is 14.0 Å². The molecule has 0 unspecified atom stereocenters. The molecule has 0 bridgehead atoms. The molecule has 0 atom stereocenters. The van der Waals surface area contributed by atoms with Crippen molar-refractivity contribution in [3.05, 3.63) is 82.4 Å². The minimum Gasteiger partial charge on any atom is -0.492 e. The lowest BCUT2D eigenvalue weighted by Crippen LogP contribution is -2.22. The van der Waals surface area contributed by atoms with Crippen molar-refractivity contribution in [2.75, 3.05) is 23.8 Å². The fourth-order valence-electron chi connectivity index (χ4n) is 3.79. The van der Waals surface area contributed by atoms with Gasteiger partial charge in [0, 0.05) is 17.1 Å². The van der Waals surface area contributed by atoms with Crippen LogP contribution in [0.2, 0.25) is 5.02 Å². The van der Waals surface area contributed by atoms with E-state index < -0.39 is 24.3 Å². The Morgan fingerprint density at radius 3 is 2.51 bits per heavy atom. The van der Waals surface area contributed by atoms with Crippen molar-refractivity contribution in [3.63, 3.8) is 0 Å². The number of hydrogen-bond donors (Lipinski definition) is 2. The van der Waals surface area contributed by atoms with E-state index in [0.29, 0.717) is 46.0 Å². The van der Waals surface area contributed by atoms with E-state index in [-0.39, 0.29) is 5.02 Å². The van der Waals surface area contributed by atoms with Gasteiger partial charge in [0.1, 0.15) is 23.7 Å². The van der Waals surface area contributed by atoms with Crippen LogP contribution in [0.3, 0.4) is 0 Å². The predicted molar refractivity (Wildman–Crippen MR) is 140 cm³/mol. The van der Waals surface area contributed by atoms with E-state index in [1.54, 1.807) is 38.1 Å². The van der Waals surface area contributed by atoms with E-state index in [2.05, 4.69) is 20.6 Å². The second kappa shape index (κ2) is 11.2. The van der Waals surface area contributed by atoms with Crippen molar-refractivity contribution in [2.24, 2.45) is 0 Å². The molecule has 10 heteroatoms. The van der Waals surface area contributed by atoms with Gasteiger partial charge in [-0.05, 0) is 56.2 Å². The van der Waals surface area contributed by atoms with Crippen molar-refractivity contribution in [1.82, 2.24) is 9.97 Å². The van der Waals surface area contributed by atoms with E-state index in [1.165, 1.54) is 24.5 Å². The molecule has 1 aromatic heterocycles. The normalized spacial score (nSPS) is 10.7. The molecule has 37 heavy (non-hydrogen) atoms. The predicted octanol–water partition coefficient (Wildman–Crippen LogP) is 5.98. The molecule has 1 heterocycles. The summed E-state index contributed by atoms with van der Waals surface area (Å²) >= 11 is 5.90. The van der Waals surface area contributed by atoms with Gasteiger partial charge in [-0.25, -0.2) is 19.2 Å². The number of aromatic nitrogens is 2. The summed E-state index contributed by atoms with van der Waals surface area (Å²) in [6, 6.07) is 13.0. The Balaban J connectivity index is 1.57. The summed E-state index contributed by atoms with van der Waals surface area (Å²) in [4.78, 5) is 33.8. The van der Waals surface area contributed by atoms with Gasteiger partial charge >= 0.3 is 5.97 Å². The monoisotopic (exact) mass is 522 g/mol. The molecule has 0 fully saturated rings. The van der Waals surface area contributed by atoms with Crippen molar-refractivity contribution in [1.29, 1.82) is 0 Å². The Labute approximate surface area is 217 Å². The number of halogens is 2. The van der Waals surface area contributed by atoms with Gasteiger partial charge in [0.05, 0.1) is 28.4 Å². The summed E-state index contributed by atoms with van der Waals surface area (Å²) in [5.74, 6) is -0.861. The Morgan fingerprint density at radius 1 is 1.05 bits per heavy atom. The minimum absolute atomic E-state index is 0.0367. The SMILES string of the molecule is CCOc1cc2ncnc(Nc3ccc(F)c(Cl)c3)c2cc1NC(=O)COC(=O)c1c(C)cccc1C. The number of carbonyl (C=O) groups is 2. The van der Waals surface area contributed by atoms with Gasteiger partial charge in [0.25, 0.3) is 5.91 Å². The maximum atomic E-state index is 13.6. The second-order valence-corrected chi connectivity index (χ2v) is 8.57. The van der Waals surface area contributed by atoms with E-state index in [4.69, 9.17) is 21.1 Å². The van der Waals surface area contributed by atoms with Crippen LogP contribution in [-0.2, 0) is 9.53 Å². The number of amides is 1. The quantitative estimate of drug-likeness (QED) is 0.274.